The first kappa shape index (κ1) is 15.3. The van der Waals surface area contributed by atoms with Crippen molar-refractivity contribution >= 4 is 57.2 Å². The highest BCUT2D eigenvalue weighted by molar-refractivity contribution is 14.1. The molecule has 0 saturated heterocycles. The molecule has 18 heavy (non-hydrogen) atoms. The molecule has 2 rings (SSSR count). The van der Waals surface area contributed by atoms with Crippen molar-refractivity contribution in [1.82, 2.24) is 0 Å². The standard InChI is InChI=1S/C13H18I2O2S/c1-3-16-13(15)12(14)8(2)17-18-11-5-4-9-6-10(9)7-11/h9-11H,2-7H2,1H3/b13-12+. The highest BCUT2D eigenvalue weighted by Gasteiger charge is 2.42. The van der Waals surface area contributed by atoms with Crippen LogP contribution in [-0.2, 0) is 8.92 Å². The normalized spacial score (nSPS) is 31.2. The molecule has 2 nitrogen and oxygen atoms in total. The van der Waals surface area contributed by atoms with Gasteiger partial charge in [0, 0.05) is 27.8 Å². The number of allylic oxidation sites excluding steroid dienone is 1. The molecule has 2 fully saturated rings. The van der Waals surface area contributed by atoms with E-state index in [2.05, 4.69) is 51.8 Å². The zero-order chi connectivity index (χ0) is 13.1. The molecule has 2 aliphatic rings. The van der Waals surface area contributed by atoms with Gasteiger partial charge in [-0.2, -0.15) is 0 Å². The molecule has 0 aliphatic heterocycles. The van der Waals surface area contributed by atoms with E-state index in [0.29, 0.717) is 11.9 Å². The number of rotatable bonds is 6. The molecule has 0 bridgehead atoms. The average molecular weight is 492 g/mol. The average Bonchev–Trinajstić information content (AvgIpc) is 3.13. The first-order valence-corrected chi connectivity index (χ1v) is 9.28. The third-order valence-electron chi connectivity index (χ3n) is 3.47. The lowest BCUT2D eigenvalue weighted by molar-refractivity contribution is 0.262. The fraction of sp³-hybridized carbons (Fsp3) is 0.692. The van der Waals surface area contributed by atoms with E-state index >= 15 is 0 Å². The summed E-state index contributed by atoms with van der Waals surface area (Å²) < 4.78 is 13.0. The number of hydrogen-bond donors (Lipinski definition) is 0. The van der Waals surface area contributed by atoms with E-state index in [4.69, 9.17) is 8.92 Å². The zero-order valence-corrected chi connectivity index (χ0v) is 15.6. The predicted octanol–water partition coefficient (Wildman–Crippen LogP) is 5.43. The summed E-state index contributed by atoms with van der Waals surface area (Å²) in [5.41, 5.74) is 0. The van der Waals surface area contributed by atoms with E-state index in [1.165, 1.54) is 25.7 Å². The van der Waals surface area contributed by atoms with Crippen molar-refractivity contribution in [3.63, 3.8) is 0 Å². The van der Waals surface area contributed by atoms with Gasteiger partial charge in [0.25, 0.3) is 0 Å². The molecule has 0 aromatic rings. The summed E-state index contributed by atoms with van der Waals surface area (Å²) in [4.78, 5) is 0. The maximum absolute atomic E-state index is 5.75. The Bertz CT molecular complexity index is 357. The minimum atomic E-state index is 0.652. The molecule has 5 heteroatoms. The van der Waals surface area contributed by atoms with Crippen molar-refractivity contribution in [2.45, 2.75) is 37.9 Å². The van der Waals surface area contributed by atoms with Crippen molar-refractivity contribution < 1.29 is 8.92 Å². The molecule has 102 valence electrons. The van der Waals surface area contributed by atoms with Crippen LogP contribution < -0.4 is 0 Å². The molecule has 0 radical (unpaired) electrons. The van der Waals surface area contributed by atoms with Gasteiger partial charge in [-0.05, 0) is 67.0 Å². The van der Waals surface area contributed by atoms with Gasteiger partial charge in [0.2, 0.25) is 0 Å². The maximum Gasteiger partial charge on any atom is 0.173 e. The smallest absolute Gasteiger partial charge is 0.173 e. The minimum Gasteiger partial charge on any atom is -0.487 e. The van der Waals surface area contributed by atoms with Crippen molar-refractivity contribution in [3.8, 4) is 0 Å². The number of fused-ring (bicyclic) bond motifs is 1. The summed E-state index contributed by atoms with van der Waals surface area (Å²) >= 11 is 6.02. The summed E-state index contributed by atoms with van der Waals surface area (Å²) in [6, 6.07) is 0. The Balaban J connectivity index is 1.75. The summed E-state index contributed by atoms with van der Waals surface area (Å²) in [7, 11) is 0. The molecule has 0 spiro atoms. The highest BCUT2D eigenvalue weighted by Crippen LogP contribution is 2.52. The van der Waals surface area contributed by atoms with Crippen molar-refractivity contribution in [3.05, 3.63) is 19.7 Å². The van der Waals surface area contributed by atoms with Crippen molar-refractivity contribution in [2.24, 2.45) is 11.8 Å². The largest absolute Gasteiger partial charge is 0.487 e. The Morgan fingerprint density at radius 2 is 2.06 bits per heavy atom. The molecule has 2 saturated carbocycles. The van der Waals surface area contributed by atoms with Gasteiger partial charge < -0.3 is 8.92 Å². The van der Waals surface area contributed by atoms with Crippen LogP contribution in [0.3, 0.4) is 0 Å². The summed E-state index contributed by atoms with van der Waals surface area (Å²) in [5, 5.41) is 0.652. The van der Waals surface area contributed by atoms with E-state index in [-0.39, 0.29) is 0 Å². The van der Waals surface area contributed by atoms with E-state index in [0.717, 1.165) is 24.9 Å². The van der Waals surface area contributed by atoms with Gasteiger partial charge in [-0.25, -0.2) is 0 Å². The molecular formula is C13H18I2O2S. The number of ether oxygens (including phenoxy) is 1. The molecule has 0 heterocycles. The van der Waals surface area contributed by atoms with E-state index in [1.54, 1.807) is 12.0 Å². The van der Waals surface area contributed by atoms with Gasteiger partial charge in [-0.1, -0.05) is 6.58 Å². The van der Waals surface area contributed by atoms with Crippen molar-refractivity contribution in [2.75, 3.05) is 6.61 Å². The second-order valence-electron chi connectivity index (χ2n) is 4.81. The second-order valence-corrected chi connectivity index (χ2v) is 7.90. The summed E-state index contributed by atoms with van der Waals surface area (Å²) in [6.07, 6.45) is 5.46. The maximum atomic E-state index is 5.75. The third-order valence-corrected chi connectivity index (χ3v) is 7.44. The fourth-order valence-corrected chi connectivity index (χ4v) is 4.28. The van der Waals surface area contributed by atoms with Crippen LogP contribution >= 0.6 is 57.2 Å². The third kappa shape index (κ3) is 4.19. The Hall–Kier alpha value is 0.890. The predicted molar refractivity (Wildman–Crippen MR) is 93.7 cm³/mol. The van der Waals surface area contributed by atoms with Gasteiger partial charge in [0.1, 0.15) is 9.34 Å². The van der Waals surface area contributed by atoms with Crippen LogP contribution in [0.2, 0.25) is 0 Å². The Labute approximate surface area is 141 Å². The molecular weight excluding hydrogens is 474 g/mol. The monoisotopic (exact) mass is 492 g/mol. The lowest BCUT2D eigenvalue weighted by Crippen LogP contribution is -2.10. The van der Waals surface area contributed by atoms with E-state index in [9.17, 15) is 0 Å². The lowest BCUT2D eigenvalue weighted by atomic mass is 10.0. The lowest BCUT2D eigenvalue weighted by Gasteiger charge is -2.20. The van der Waals surface area contributed by atoms with Gasteiger partial charge in [0.15, 0.2) is 3.77 Å². The van der Waals surface area contributed by atoms with E-state index in [1.807, 2.05) is 6.92 Å². The molecule has 3 unspecified atom stereocenters. The van der Waals surface area contributed by atoms with Crippen LogP contribution in [0.15, 0.2) is 19.7 Å². The Morgan fingerprint density at radius 3 is 2.72 bits per heavy atom. The molecule has 0 N–H and O–H groups in total. The molecule has 2 aliphatic carbocycles. The molecule has 0 aromatic carbocycles. The van der Waals surface area contributed by atoms with E-state index < -0.39 is 0 Å². The van der Waals surface area contributed by atoms with Crippen LogP contribution in [0.25, 0.3) is 0 Å². The van der Waals surface area contributed by atoms with Crippen LogP contribution in [0.4, 0.5) is 0 Å². The fourth-order valence-electron chi connectivity index (χ4n) is 2.36. The number of hydrogen-bond acceptors (Lipinski definition) is 3. The van der Waals surface area contributed by atoms with Crippen LogP contribution in [-0.4, -0.2) is 11.9 Å². The quantitative estimate of drug-likeness (QED) is 0.213. The SMILES string of the molecule is C=C(OSC1CCC2CC2C1)/C(I)=C(/I)OCC. The van der Waals surface area contributed by atoms with Gasteiger partial charge in [-0.15, -0.1) is 0 Å². The van der Waals surface area contributed by atoms with Crippen LogP contribution in [0.1, 0.15) is 32.6 Å². The highest BCUT2D eigenvalue weighted by atomic mass is 127. The molecule has 0 amide bonds. The first-order chi connectivity index (χ1) is 8.61. The van der Waals surface area contributed by atoms with Crippen LogP contribution in [0.5, 0.6) is 0 Å². The second kappa shape index (κ2) is 7.06. The summed E-state index contributed by atoms with van der Waals surface area (Å²) in [5.74, 6) is 2.76. The topological polar surface area (TPSA) is 18.5 Å². The van der Waals surface area contributed by atoms with Gasteiger partial charge in [-0.3, -0.25) is 0 Å². The first-order valence-electron chi connectivity index (χ1n) is 6.32. The van der Waals surface area contributed by atoms with Gasteiger partial charge in [0.05, 0.1) is 18.6 Å². The Morgan fingerprint density at radius 1 is 1.28 bits per heavy atom. The molecule has 3 atom stereocenters. The zero-order valence-electron chi connectivity index (χ0n) is 10.5. The van der Waals surface area contributed by atoms with Crippen molar-refractivity contribution in [1.29, 1.82) is 0 Å². The van der Waals surface area contributed by atoms with Crippen LogP contribution in [0, 0.1) is 11.8 Å². The minimum absolute atomic E-state index is 0.652. The summed E-state index contributed by atoms with van der Waals surface area (Å²) in [6.45, 7) is 6.64. The molecule has 0 aromatic heterocycles. The van der Waals surface area contributed by atoms with Gasteiger partial charge >= 0.3 is 0 Å². The number of halogens is 2. The Kier molecular flexibility index (Phi) is 5.99.